The van der Waals surface area contributed by atoms with E-state index in [0.29, 0.717) is 12.0 Å². The third-order valence-corrected chi connectivity index (χ3v) is 4.57. The molecular formula is C18H20N2O. The van der Waals surface area contributed by atoms with Gasteiger partial charge in [-0.25, -0.2) is 4.98 Å². The molecule has 0 spiro atoms. The van der Waals surface area contributed by atoms with Crippen molar-refractivity contribution in [1.29, 1.82) is 0 Å². The number of imidazole rings is 1. The van der Waals surface area contributed by atoms with E-state index in [-0.39, 0.29) is 0 Å². The molecule has 2 aliphatic rings. The van der Waals surface area contributed by atoms with Crippen LogP contribution in [0.4, 0.5) is 0 Å². The highest BCUT2D eigenvalue weighted by molar-refractivity contribution is 5.62. The molecule has 1 aliphatic carbocycles. The molecule has 3 heteroatoms. The van der Waals surface area contributed by atoms with Gasteiger partial charge in [0, 0.05) is 24.1 Å². The molecule has 1 aromatic heterocycles. The summed E-state index contributed by atoms with van der Waals surface area (Å²) in [6.45, 7) is 1.69. The molecule has 0 N–H and O–H groups in total. The normalized spacial score (nSPS) is 22.2. The molecule has 2 heterocycles. The smallest absolute Gasteiger partial charge is 0.0958 e. The lowest BCUT2D eigenvalue weighted by Gasteiger charge is -2.19. The molecule has 0 amide bonds. The number of aromatic nitrogens is 2. The Hall–Kier alpha value is -1.87. The number of hydrogen-bond donors (Lipinski definition) is 0. The second-order valence-corrected chi connectivity index (χ2v) is 5.91. The summed E-state index contributed by atoms with van der Waals surface area (Å²) in [6.07, 6.45) is 9.93. The van der Waals surface area contributed by atoms with Crippen molar-refractivity contribution in [3.05, 3.63) is 54.5 Å². The summed E-state index contributed by atoms with van der Waals surface area (Å²) in [5, 5.41) is 0. The molecule has 0 saturated carbocycles. The first kappa shape index (κ1) is 12.8. The Labute approximate surface area is 125 Å². The van der Waals surface area contributed by atoms with Crippen LogP contribution in [0.25, 0.3) is 11.3 Å². The summed E-state index contributed by atoms with van der Waals surface area (Å²) in [7, 11) is 0. The maximum Gasteiger partial charge on any atom is 0.0958 e. The molecule has 1 saturated heterocycles. The second-order valence-electron chi connectivity index (χ2n) is 5.91. The number of benzene rings is 1. The molecule has 1 aromatic carbocycles. The highest BCUT2D eigenvalue weighted by atomic mass is 16.5. The summed E-state index contributed by atoms with van der Waals surface area (Å²) in [6, 6.07) is 11.1. The van der Waals surface area contributed by atoms with Gasteiger partial charge in [-0.1, -0.05) is 42.5 Å². The van der Waals surface area contributed by atoms with Gasteiger partial charge >= 0.3 is 0 Å². The van der Waals surface area contributed by atoms with Crippen molar-refractivity contribution >= 4 is 0 Å². The van der Waals surface area contributed by atoms with Crippen molar-refractivity contribution in [3.8, 4) is 11.3 Å². The van der Waals surface area contributed by atoms with Gasteiger partial charge in [0.1, 0.15) is 0 Å². The van der Waals surface area contributed by atoms with Crippen LogP contribution < -0.4 is 0 Å². The molecule has 21 heavy (non-hydrogen) atoms. The molecular weight excluding hydrogens is 260 g/mol. The van der Waals surface area contributed by atoms with Gasteiger partial charge in [0.2, 0.25) is 0 Å². The minimum Gasteiger partial charge on any atom is -0.381 e. The highest BCUT2D eigenvalue weighted by Gasteiger charge is 2.28. The Bertz CT molecular complexity index is 630. The topological polar surface area (TPSA) is 27.1 Å². The average Bonchev–Trinajstić information content (AvgIpc) is 3.27. The monoisotopic (exact) mass is 280 g/mol. The van der Waals surface area contributed by atoms with E-state index in [4.69, 9.17) is 9.72 Å². The first-order valence-electron chi connectivity index (χ1n) is 7.78. The Morgan fingerprint density at radius 3 is 2.62 bits per heavy atom. The summed E-state index contributed by atoms with van der Waals surface area (Å²) in [4.78, 5) is 4.76. The van der Waals surface area contributed by atoms with Gasteiger partial charge in [0.05, 0.1) is 24.3 Å². The van der Waals surface area contributed by atoms with Crippen LogP contribution in [-0.4, -0.2) is 22.8 Å². The van der Waals surface area contributed by atoms with Crippen molar-refractivity contribution < 1.29 is 4.74 Å². The van der Waals surface area contributed by atoms with Gasteiger partial charge in [0.15, 0.2) is 0 Å². The van der Waals surface area contributed by atoms with Gasteiger partial charge in [-0.3, -0.25) is 0 Å². The maximum atomic E-state index is 5.63. The first-order chi connectivity index (χ1) is 10.4. The van der Waals surface area contributed by atoms with E-state index in [1.807, 2.05) is 6.33 Å². The van der Waals surface area contributed by atoms with E-state index in [1.165, 1.54) is 11.3 Å². The molecule has 0 unspecified atom stereocenters. The van der Waals surface area contributed by atoms with E-state index in [0.717, 1.165) is 38.2 Å². The minimum atomic E-state index is 0.475. The number of hydrogen-bond acceptors (Lipinski definition) is 2. The van der Waals surface area contributed by atoms with Crippen molar-refractivity contribution in [3.63, 3.8) is 0 Å². The van der Waals surface area contributed by atoms with Gasteiger partial charge in [0.25, 0.3) is 0 Å². The molecule has 0 radical (unpaired) electrons. The average molecular weight is 280 g/mol. The largest absolute Gasteiger partial charge is 0.381 e. The summed E-state index contributed by atoms with van der Waals surface area (Å²) in [5.41, 5.74) is 3.72. The van der Waals surface area contributed by atoms with Crippen molar-refractivity contribution in [2.24, 2.45) is 0 Å². The second kappa shape index (κ2) is 5.49. The molecule has 1 atom stereocenters. The summed E-state index contributed by atoms with van der Waals surface area (Å²) in [5.74, 6) is 0.475. The molecule has 1 fully saturated rings. The minimum absolute atomic E-state index is 0.475. The fourth-order valence-electron chi connectivity index (χ4n) is 3.46. The molecule has 2 aromatic rings. The summed E-state index contributed by atoms with van der Waals surface area (Å²) < 4.78 is 8.04. The number of nitrogens with zero attached hydrogens (tertiary/aromatic N) is 2. The van der Waals surface area contributed by atoms with E-state index in [1.54, 1.807) is 0 Å². The van der Waals surface area contributed by atoms with Crippen LogP contribution in [0.15, 0.2) is 48.8 Å². The lowest BCUT2D eigenvalue weighted by molar-refractivity contribution is 0.193. The van der Waals surface area contributed by atoms with E-state index in [2.05, 4.69) is 47.1 Å². The van der Waals surface area contributed by atoms with Crippen LogP contribution in [0.3, 0.4) is 0 Å². The van der Waals surface area contributed by atoms with Gasteiger partial charge < -0.3 is 9.30 Å². The van der Waals surface area contributed by atoms with Crippen LogP contribution in [0, 0.1) is 0 Å². The zero-order chi connectivity index (χ0) is 14.1. The standard InChI is InChI=1S/C18H20N2O/c1-2-6-14(7-3-1)17-18(15-10-11-21-12-15)20(13-19-17)16-8-4-5-9-16/h1-7,13,15-16H,8-12H2/t15-/m1/s1. The zero-order valence-corrected chi connectivity index (χ0v) is 12.1. The summed E-state index contributed by atoms with van der Waals surface area (Å²) >= 11 is 0. The predicted octanol–water partition coefficient (Wildman–Crippen LogP) is 3.95. The SMILES string of the molecule is C1=CCC(n2cnc(-c3ccccc3)c2[C@@H]2CCOC2)C1. The van der Waals surface area contributed by atoms with Crippen molar-refractivity contribution in [2.75, 3.05) is 13.2 Å². The van der Waals surface area contributed by atoms with Gasteiger partial charge in [-0.15, -0.1) is 0 Å². The van der Waals surface area contributed by atoms with Crippen LogP contribution in [0.2, 0.25) is 0 Å². The first-order valence-corrected chi connectivity index (χ1v) is 7.78. The van der Waals surface area contributed by atoms with Crippen LogP contribution in [0.1, 0.15) is 36.9 Å². The third-order valence-electron chi connectivity index (χ3n) is 4.57. The van der Waals surface area contributed by atoms with Crippen LogP contribution in [-0.2, 0) is 4.74 Å². The number of ether oxygens (including phenoxy) is 1. The molecule has 4 rings (SSSR count). The third kappa shape index (κ3) is 2.32. The Kier molecular flexibility index (Phi) is 3.36. The lowest BCUT2D eigenvalue weighted by Crippen LogP contribution is -2.12. The van der Waals surface area contributed by atoms with Gasteiger partial charge in [-0.2, -0.15) is 0 Å². The highest BCUT2D eigenvalue weighted by Crippen LogP contribution is 2.37. The predicted molar refractivity (Wildman–Crippen MR) is 83.3 cm³/mol. The zero-order valence-electron chi connectivity index (χ0n) is 12.1. The lowest BCUT2D eigenvalue weighted by atomic mass is 9.98. The van der Waals surface area contributed by atoms with E-state index >= 15 is 0 Å². The van der Waals surface area contributed by atoms with Gasteiger partial charge in [-0.05, 0) is 19.3 Å². The van der Waals surface area contributed by atoms with E-state index in [9.17, 15) is 0 Å². The maximum absolute atomic E-state index is 5.63. The number of allylic oxidation sites excluding steroid dienone is 2. The Morgan fingerprint density at radius 1 is 1.10 bits per heavy atom. The Balaban J connectivity index is 1.79. The van der Waals surface area contributed by atoms with Crippen molar-refractivity contribution in [1.82, 2.24) is 9.55 Å². The number of rotatable bonds is 3. The van der Waals surface area contributed by atoms with Crippen LogP contribution >= 0.6 is 0 Å². The van der Waals surface area contributed by atoms with Crippen LogP contribution in [0.5, 0.6) is 0 Å². The van der Waals surface area contributed by atoms with E-state index < -0.39 is 0 Å². The Morgan fingerprint density at radius 2 is 1.90 bits per heavy atom. The molecule has 108 valence electrons. The fourth-order valence-corrected chi connectivity index (χ4v) is 3.46. The molecule has 1 aliphatic heterocycles. The quantitative estimate of drug-likeness (QED) is 0.796. The molecule has 0 bridgehead atoms. The fraction of sp³-hybridized carbons (Fsp3) is 0.389. The molecule has 3 nitrogen and oxygen atoms in total. The van der Waals surface area contributed by atoms with Crippen molar-refractivity contribution in [2.45, 2.75) is 31.2 Å².